The first-order valence-electron chi connectivity index (χ1n) is 7.71. The molecule has 1 aromatic heterocycles. The number of aromatic nitrogens is 1. The van der Waals surface area contributed by atoms with Gasteiger partial charge in [0.1, 0.15) is 5.69 Å². The average molecular weight is 344 g/mol. The van der Waals surface area contributed by atoms with Crippen molar-refractivity contribution in [3.63, 3.8) is 0 Å². The number of amides is 2. The number of carbonyl (C=O) groups is 1. The van der Waals surface area contributed by atoms with Crippen LogP contribution < -0.4 is 5.32 Å². The molecule has 0 unspecified atom stereocenters. The molecule has 1 aromatic rings. The number of hydrogen-bond acceptors (Lipinski definition) is 4. The van der Waals surface area contributed by atoms with E-state index >= 15 is 0 Å². The molecule has 2 aliphatic heterocycles. The summed E-state index contributed by atoms with van der Waals surface area (Å²) in [6.45, 7) is 2.54. The van der Waals surface area contributed by atoms with Crippen molar-refractivity contribution < 1.29 is 22.7 Å². The zero-order chi connectivity index (χ0) is 17.3. The van der Waals surface area contributed by atoms with Crippen molar-refractivity contribution in [2.45, 2.75) is 24.9 Å². The predicted molar refractivity (Wildman–Crippen MR) is 79.2 cm³/mol. The molecule has 0 saturated carbocycles. The number of rotatable bonds is 2. The van der Waals surface area contributed by atoms with Crippen molar-refractivity contribution in [2.75, 3.05) is 33.3 Å². The normalized spacial score (nSPS) is 24.8. The molecule has 0 aromatic carbocycles. The molecule has 0 aliphatic carbocycles. The highest BCUT2D eigenvalue weighted by Crippen LogP contribution is 2.27. The van der Waals surface area contributed by atoms with Crippen LogP contribution in [-0.4, -0.2) is 66.2 Å². The van der Waals surface area contributed by atoms with Crippen molar-refractivity contribution >= 4 is 6.03 Å². The number of nitrogens with one attached hydrogen (secondary N) is 1. The van der Waals surface area contributed by atoms with Crippen LogP contribution in [0.5, 0.6) is 0 Å². The Balaban J connectivity index is 1.57. The maximum atomic E-state index is 12.6. The van der Waals surface area contributed by atoms with E-state index in [0.29, 0.717) is 25.3 Å². The number of nitrogens with zero attached hydrogens (tertiary/aromatic N) is 3. The average Bonchev–Trinajstić information content (AvgIpc) is 2.98. The van der Waals surface area contributed by atoms with Crippen LogP contribution in [-0.2, 0) is 17.5 Å². The molecule has 2 saturated heterocycles. The minimum atomic E-state index is -4.49. The van der Waals surface area contributed by atoms with Gasteiger partial charge < -0.3 is 15.0 Å². The maximum absolute atomic E-state index is 12.6. The molecule has 3 heterocycles. The molecule has 132 valence electrons. The fourth-order valence-corrected chi connectivity index (χ4v) is 3.05. The van der Waals surface area contributed by atoms with Gasteiger partial charge in [0.2, 0.25) is 0 Å². The number of halogens is 3. The summed E-state index contributed by atoms with van der Waals surface area (Å²) in [4.78, 5) is 19.4. The van der Waals surface area contributed by atoms with Gasteiger partial charge in [-0.3, -0.25) is 9.88 Å². The highest BCUT2D eigenvalue weighted by atomic mass is 19.4. The first kappa shape index (κ1) is 17.0. The third-order valence-electron chi connectivity index (χ3n) is 4.42. The van der Waals surface area contributed by atoms with Gasteiger partial charge in [-0.1, -0.05) is 0 Å². The highest BCUT2D eigenvalue weighted by molar-refractivity contribution is 5.74. The molecule has 1 N–H and O–H groups in total. The fourth-order valence-electron chi connectivity index (χ4n) is 3.05. The zero-order valence-electron chi connectivity index (χ0n) is 13.2. The number of fused-ring (bicyclic) bond motifs is 1. The van der Waals surface area contributed by atoms with Crippen LogP contribution in [0.4, 0.5) is 18.0 Å². The Hall–Kier alpha value is -1.87. The van der Waals surface area contributed by atoms with Crippen molar-refractivity contribution in [1.29, 1.82) is 0 Å². The highest BCUT2D eigenvalue weighted by Gasteiger charge is 2.40. The monoisotopic (exact) mass is 344 g/mol. The van der Waals surface area contributed by atoms with E-state index in [2.05, 4.69) is 15.2 Å². The van der Waals surface area contributed by atoms with E-state index in [-0.39, 0.29) is 24.7 Å². The van der Waals surface area contributed by atoms with Gasteiger partial charge in [-0.25, -0.2) is 4.79 Å². The van der Waals surface area contributed by atoms with Gasteiger partial charge in [0, 0.05) is 25.8 Å². The zero-order valence-corrected chi connectivity index (χ0v) is 13.2. The smallest absolute Gasteiger partial charge is 0.373 e. The van der Waals surface area contributed by atoms with E-state index in [9.17, 15) is 18.0 Å². The Kier molecular flexibility index (Phi) is 4.64. The summed E-state index contributed by atoms with van der Waals surface area (Å²) in [6, 6.07) is 2.27. The summed E-state index contributed by atoms with van der Waals surface area (Å²) in [5.41, 5.74) is -0.605. The number of alkyl halides is 3. The van der Waals surface area contributed by atoms with Crippen LogP contribution in [0.15, 0.2) is 18.3 Å². The van der Waals surface area contributed by atoms with E-state index in [0.717, 1.165) is 18.8 Å². The van der Waals surface area contributed by atoms with Crippen LogP contribution in [0.3, 0.4) is 0 Å². The van der Waals surface area contributed by atoms with Gasteiger partial charge in [0.15, 0.2) is 0 Å². The SMILES string of the molecule is CN1CCO[C@@H]2CN(C(=O)NCc3ccnc(C(F)(F)F)c3)C[C@@H]21. The van der Waals surface area contributed by atoms with Crippen molar-refractivity contribution in [2.24, 2.45) is 0 Å². The molecular weight excluding hydrogens is 325 g/mol. The first-order chi connectivity index (χ1) is 11.3. The van der Waals surface area contributed by atoms with Gasteiger partial charge in [-0.2, -0.15) is 13.2 Å². The van der Waals surface area contributed by atoms with Gasteiger partial charge in [0.25, 0.3) is 0 Å². The third kappa shape index (κ3) is 3.62. The van der Waals surface area contributed by atoms with Gasteiger partial charge in [0.05, 0.1) is 25.3 Å². The second-order valence-corrected chi connectivity index (χ2v) is 6.07. The summed E-state index contributed by atoms with van der Waals surface area (Å²) in [5, 5.41) is 2.66. The van der Waals surface area contributed by atoms with Crippen molar-refractivity contribution in [3.05, 3.63) is 29.6 Å². The van der Waals surface area contributed by atoms with Gasteiger partial charge >= 0.3 is 12.2 Å². The largest absolute Gasteiger partial charge is 0.433 e. The number of pyridine rings is 1. The maximum Gasteiger partial charge on any atom is 0.433 e. The second-order valence-electron chi connectivity index (χ2n) is 6.07. The summed E-state index contributed by atoms with van der Waals surface area (Å²) >= 11 is 0. The molecule has 2 fully saturated rings. The van der Waals surface area contributed by atoms with Gasteiger partial charge in [-0.15, -0.1) is 0 Å². The number of likely N-dealkylation sites (N-methyl/N-ethyl adjacent to an activating group) is 1. The number of urea groups is 1. The molecule has 0 spiro atoms. The Bertz CT molecular complexity index is 611. The van der Waals surface area contributed by atoms with E-state index in [1.165, 1.54) is 6.07 Å². The molecular formula is C15H19F3N4O2. The summed E-state index contributed by atoms with van der Waals surface area (Å²) in [5.74, 6) is 0. The molecule has 0 bridgehead atoms. The van der Waals surface area contributed by atoms with Crippen LogP contribution in [0.25, 0.3) is 0 Å². The van der Waals surface area contributed by atoms with Gasteiger partial charge in [-0.05, 0) is 24.7 Å². The van der Waals surface area contributed by atoms with Crippen LogP contribution >= 0.6 is 0 Å². The van der Waals surface area contributed by atoms with E-state index in [1.54, 1.807) is 4.90 Å². The third-order valence-corrected chi connectivity index (χ3v) is 4.42. The number of morpholine rings is 1. The predicted octanol–water partition coefficient (Wildman–Crippen LogP) is 1.32. The van der Waals surface area contributed by atoms with Crippen molar-refractivity contribution in [1.82, 2.24) is 20.1 Å². The van der Waals surface area contributed by atoms with E-state index in [1.807, 2.05) is 7.05 Å². The molecule has 2 amide bonds. The lowest BCUT2D eigenvalue weighted by Gasteiger charge is -2.33. The minimum absolute atomic E-state index is 0.00717. The fraction of sp³-hybridized carbons (Fsp3) is 0.600. The minimum Gasteiger partial charge on any atom is -0.373 e. The topological polar surface area (TPSA) is 57.7 Å². The number of ether oxygens (including phenoxy) is 1. The molecule has 3 rings (SSSR count). The summed E-state index contributed by atoms with van der Waals surface area (Å²) in [7, 11) is 2.00. The van der Waals surface area contributed by atoms with Crippen LogP contribution in [0, 0.1) is 0 Å². The molecule has 2 aliphatic rings. The summed E-state index contributed by atoms with van der Waals surface area (Å²) < 4.78 is 43.6. The molecule has 2 atom stereocenters. The Morgan fingerprint density at radius 2 is 2.25 bits per heavy atom. The lowest BCUT2D eigenvalue weighted by Crippen LogP contribution is -2.48. The van der Waals surface area contributed by atoms with E-state index < -0.39 is 11.9 Å². The number of likely N-dealkylation sites (tertiary alicyclic amines) is 1. The standard InChI is InChI=1S/C15H19F3N4O2/c1-21-4-5-24-12-9-22(8-11(12)21)14(23)20-7-10-2-3-19-13(6-10)15(16,17)18/h2-3,6,11-12H,4-5,7-9H2,1H3,(H,20,23)/t11-,12+/m0/s1. The number of carbonyl (C=O) groups excluding carboxylic acids is 1. The second kappa shape index (κ2) is 6.56. The van der Waals surface area contributed by atoms with E-state index in [4.69, 9.17) is 4.74 Å². The molecule has 24 heavy (non-hydrogen) atoms. The van der Waals surface area contributed by atoms with Crippen LogP contribution in [0.1, 0.15) is 11.3 Å². The number of hydrogen-bond donors (Lipinski definition) is 1. The molecule has 9 heteroatoms. The Labute approximate surface area is 137 Å². The summed E-state index contributed by atoms with van der Waals surface area (Å²) in [6.07, 6.45) is -3.41. The lowest BCUT2D eigenvalue weighted by atomic mass is 10.1. The quantitative estimate of drug-likeness (QED) is 0.879. The van der Waals surface area contributed by atoms with Crippen molar-refractivity contribution in [3.8, 4) is 0 Å². The molecule has 6 nitrogen and oxygen atoms in total. The Morgan fingerprint density at radius 1 is 1.46 bits per heavy atom. The lowest BCUT2D eigenvalue weighted by molar-refractivity contribution is -0.141. The van der Waals surface area contributed by atoms with Crippen LogP contribution in [0.2, 0.25) is 0 Å². The first-order valence-corrected chi connectivity index (χ1v) is 7.71. The molecule has 0 radical (unpaired) electrons. The Morgan fingerprint density at radius 3 is 2.96 bits per heavy atom.